The number of hydrogen-bond acceptors (Lipinski definition) is 1. The maximum atomic E-state index is 12.4. The molecule has 0 aliphatic heterocycles. The Morgan fingerprint density at radius 3 is 2.47 bits per heavy atom. The summed E-state index contributed by atoms with van der Waals surface area (Å²) < 4.78 is 0. The van der Waals surface area contributed by atoms with E-state index in [2.05, 4.69) is 52.8 Å². The maximum absolute atomic E-state index is 12.4. The molecule has 2 unspecified atom stereocenters. The second kappa shape index (κ2) is 5.11. The van der Waals surface area contributed by atoms with Crippen molar-refractivity contribution in [3.63, 3.8) is 0 Å². The van der Waals surface area contributed by atoms with E-state index in [-0.39, 0.29) is 11.3 Å². The van der Waals surface area contributed by atoms with Crippen LogP contribution < -0.4 is 0 Å². The van der Waals surface area contributed by atoms with Gasteiger partial charge in [-0.2, -0.15) is 0 Å². The number of carbonyl (C=O) groups is 1. The average Bonchev–Trinajstić information content (AvgIpc) is 2.31. The van der Waals surface area contributed by atoms with Gasteiger partial charge in [0.25, 0.3) is 0 Å². The Bertz CT molecular complexity index is 484. The zero-order chi connectivity index (χ0) is 14.2. The summed E-state index contributed by atoms with van der Waals surface area (Å²) in [5, 5.41) is 0. The molecule has 0 spiro atoms. The number of benzene rings is 1. The third-order valence-corrected chi connectivity index (χ3v) is 4.84. The zero-order valence-electron chi connectivity index (χ0n) is 12.9. The normalized spacial score (nSPS) is 24.6. The lowest BCUT2D eigenvalue weighted by atomic mass is 9.64. The Hall–Kier alpha value is -1.11. The van der Waals surface area contributed by atoms with Crippen molar-refractivity contribution < 1.29 is 4.79 Å². The van der Waals surface area contributed by atoms with E-state index in [0.717, 1.165) is 12.8 Å². The van der Waals surface area contributed by atoms with E-state index in [1.165, 1.54) is 23.1 Å². The molecule has 0 saturated heterocycles. The second-order valence-corrected chi connectivity index (χ2v) is 6.95. The van der Waals surface area contributed by atoms with Crippen LogP contribution in [0, 0.1) is 25.7 Å². The third kappa shape index (κ3) is 2.75. The third-order valence-electron chi connectivity index (χ3n) is 4.84. The van der Waals surface area contributed by atoms with Crippen molar-refractivity contribution in [1.29, 1.82) is 0 Å². The Labute approximate surface area is 117 Å². The Morgan fingerprint density at radius 2 is 1.84 bits per heavy atom. The lowest BCUT2D eigenvalue weighted by Gasteiger charge is -2.39. The van der Waals surface area contributed by atoms with Crippen LogP contribution in [0.1, 0.15) is 56.7 Å². The minimum atomic E-state index is -0.0483. The highest BCUT2D eigenvalue weighted by atomic mass is 16.1. The quantitative estimate of drug-likeness (QED) is 0.758. The highest BCUT2D eigenvalue weighted by Crippen LogP contribution is 2.41. The highest BCUT2D eigenvalue weighted by Gasteiger charge is 2.39. The van der Waals surface area contributed by atoms with Crippen LogP contribution in [0.2, 0.25) is 0 Å². The fourth-order valence-electron chi connectivity index (χ4n) is 3.58. The van der Waals surface area contributed by atoms with Crippen LogP contribution in [0.25, 0.3) is 0 Å². The van der Waals surface area contributed by atoms with Gasteiger partial charge in [-0.05, 0) is 49.1 Å². The minimum Gasteiger partial charge on any atom is -0.299 e. The van der Waals surface area contributed by atoms with Gasteiger partial charge in [-0.3, -0.25) is 4.79 Å². The highest BCUT2D eigenvalue weighted by molar-refractivity contribution is 5.83. The molecular weight excluding hydrogens is 232 g/mol. The Kier molecular flexibility index (Phi) is 3.85. The van der Waals surface area contributed by atoms with Gasteiger partial charge >= 0.3 is 0 Å². The van der Waals surface area contributed by atoms with Crippen molar-refractivity contribution in [1.82, 2.24) is 0 Å². The number of Topliss-reactive ketones (excluding diaryl/α,β-unsaturated/α-hetero) is 1. The minimum absolute atomic E-state index is 0.0483. The molecule has 1 heteroatoms. The van der Waals surface area contributed by atoms with Gasteiger partial charge in [-0.25, -0.2) is 0 Å². The van der Waals surface area contributed by atoms with Crippen LogP contribution in [0.15, 0.2) is 18.2 Å². The van der Waals surface area contributed by atoms with E-state index >= 15 is 0 Å². The first kappa shape index (κ1) is 14.3. The van der Waals surface area contributed by atoms with Gasteiger partial charge in [0.15, 0.2) is 0 Å². The number of aryl methyl sites for hydroxylation is 2. The van der Waals surface area contributed by atoms with E-state index in [0.29, 0.717) is 11.7 Å². The molecule has 0 radical (unpaired) electrons. The van der Waals surface area contributed by atoms with Gasteiger partial charge in [-0.1, -0.05) is 44.5 Å². The zero-order valence-corrected chi connectivity index (χ0v) is 12.9. The van der Waals surface area contributed by atoms with Crippen LogP contribution in [0.5, 0.6) is 0 Å². The fraction of sp³-hybridized carbons (Fsp3) is 0.611. The van der Waals surface area contributed by atoms with Gasteiger partial charge in [-0.15, -0.1) is 0 Å². The molecule has 0 amide bonds. The lowest BCUT2D eigenvalue weighted by Crippen LogP contribution is -2.38. The molecule has 0 bridgehead atoms. The van der Waals surface area contributed by atoms with E-state index in [1.807, 2.05) is 0 Å². The summed E-state index contributed by atoms with van der Waals surface area (Å²) >= 11 is 0. The average molecular weight is 258 g/mol. The van der Waals surface area contributed by atoms with Crippen molar-refractivity contribution in [3.05, 3.63) is 34.9 Å². The predicted octanol–water partition coefficient (Wildman–Crippen LogP) is 4.59. The summed E-state index contributed by atoms with van der Waals surface area (Å²) in [5.41, 5.74) is 3.89. The van der Waals surface area contributed by atoms with E-state index in [9.17, 15) is 4.79 Å². The predicted molar refractivity (Wildman–Crippen MR) is 80.5 cm³/mol. The summed E-state index contributed by atoms with van der Waals surface area (Å²) in [6, 6.07) is 6.60. The van der Waals surface area contributed by atoms with Crippen molar-refractivity contribution in [2.75, 3.05) is 0 Å². The van der Waals surface area contributed by atoms with Crippen molar-refractivity contribution in [2.24, 2.45) is 11.8 Å². The standard InChI is InChI=1S/C18H26O/c1-12-6-8-14(3)16(10-12)18(4,5)15-9-7-13(2)11-17(15)19/h6,8,10,13,15H,7,9,11H2,1-5H3. The maximum Gasteiger partial charge on any atom is 0.137 e. The van der Waals surface area contributed by atoms with E-state index < -0.39 is 0 Å². The topological polar surface area (TPSA) is 17.1 Å². The molecule has 0 aromatic heterocycles. The first-order chi connectivity index (χ1) is 8.82. The molecule has 1 fully saturated rings. The first-order valence-electron chi connectivity index (χ1n) is 7.43. The van der Waals surface area contributed by atoms with Gasteiger partial charge in [0.1, 0.15) is 5.78 Å². The number of rotatable bonds is 2. The van der Waals surface area contributed by atoms with Gasteiger partial charge < -0.3 is 0 Å². The van der Waals surface area contributed by atoms with Crippen LogP contribution >= 0.6 is 0 Å². The molecule has 1 aliphatic carbocycles. The van der Waals surface area contributed by atoms with Gasteiger partial charge in [0.05, 0.1) is 0 Å². The van der Waals surface area contributed by atoms with Crippen molar-refractivity contribution in [2.45, 2.75) is 59.3 Å². The fourth-order valence-corrected chi connectivity index (χ4v) is 3.58. The smallest absolute Gasteiger partial charge is 0.137 e. The lowest BCUT2D eigenvalue weighted by molar-refractivity contribution is -0.128. The number of ketones is 1. The van der Waals surface area contributed by atoms with Crippen molar-refractivity contribution in [3.8, 4) is 0 Å². The molecule has 104 valence electrons. The molecule has 1 aromatic rings. The summed E-state index contributed by atoms with van der Waals surface area (Å²) in [7, 11) is 0. The second-order valence-electron chi connectivity index (χ2n) is 6.95. The molecular formula is C18H26O. The largest absolute Gasteiger partial charge is 0.299 e. The molecule has 19 heavy (non-hydrogen) atoms. The van der Waals surface area contributed by atoms with Crippen LogP contribution in [0.3, 0.4) is 0 Å². The molecule has 1 aromatic carbocycles. The summed E-state index contributed by atoms with van der Waals surface area (Å²) in [6.07, 6.45) is 2.99. The van der Waals surface area contributed by atoms with Crippen molar-refractivity contribution >= 4 is 5.78 Å². The van der Waals surface area contributed by atoms with E-state index in [4.69, 9.17) is 0 Å². The molecule has 2 rings (SSSR count). The molecule has 0 heterocycles. The monoisotopic (exact) mass is 258 g/mol. The molecule has 2 atom stereocenters. The molecule has 1 nitrogen and oxygen atoms in total. The van der Waals surface area contributed by atoms with Crippen LogP contribution in [-0.2, 0) is 10.2 Å². The van der Waals surface area contributed by atoms with E-state index in [1.54, 1.807) is 0 Å². The summed E-state index contributed by atoms with van der Waals surface area (Å²) in [5.74, 6) is 1.21. The molecule has 1 aliphatic rings. The molecule has 1 saturated carbocycles. The van der Waals surface area contributed by atoms with Gasteiger partial charge in [0, 0.05) is 12.3 Å². The first-order valence-corrected chi connectivity index (χ1v) is 7.43. The number of hydrogen-bond donors (Lipinski definition) is 0. The SMILES string of the molecule is Cc1ccc(C)c(C(C)(C)C2CCC(C)CC2=O)c1. The summed E-state index contributed by atoms with van der Waals surface area (Å²) in [6.45, 7) is 11.0. The number of carbonyl (C=O) groups excluding carboxylic acids is 1. The Morgan fingerprint density at radius 1 is 1.16 bits per heavy atom. The van der Waals surface area contributed by atoms with Crippen LogP contribution in [-0.4, -0.2) is 5.78 Å². The summed E-state index contributed by atoms with van der Waals surface area (Å²) in [4.78, 5) is 12.4. The molecule has 0 N–H and O–H groups in total. The Balaban J connectivity index is 2.36. The van der Waals surface area contributed by atoms with Crippen LogP contribution in [0.4, 0.5) is 0 Å². The van der Waals surface area contributed by atoms with Gasteiger partial charge in [0.2, 0.25) is 0 Å².